The smallest absolute Gasteiger partial charge is 0.204 e. The molecule has 2 heterocycles. The summed E-state index contributed by atoms with van der Waals surface area (Å²) >= 11 is 3.51. The van der Waals surface area contributed by atoms with Gasteiger partial charge < -0.3 is 9.72 Å². The fraction of sp³-hybridized carbons (Fsp3) is 0.0769. The van der Waals surface area contributed by atoms with Crippen LogP contribution in [0, 0.1) is 11.3 Å². The van der Waals surface area contributed by atoms with Gasteiger partial charge in [-0.2, -0.15) is 5.26 Å². The van der Waals surface area contributed by atoms with E-state index in [0.29, 0.717) is 16.9 Å². The number of ether oxygens (including phenoxy) is 1. The molecule has 31 heavy (non-hydrogen) atoms. The monoisotopic (exact) mass is 468 g/mol. The first-order chi connectivity index (χ1) is 15.2. The van der Waals surface area contributed by atoms with Crippen LogP contribution in [0.2, 0.25) is 0 Å². The van der Waals surface area contributed by atoms with Gasteiger partial charge in [0.1, 0.15) is 5.76 Å². The van der Waals surface area contributed by atoms with Crippen LogP contribution in [0.15, 0.2) is 95.1 Å². The topological polar surface area (TPSA) is 65.9 Å². The molecule has 0 bridgehead atoms. The molecule has 1 aromatic heterocycles. The molecule has 1 aliphatic rings. The highest BCUT2D eigenvalue weighted by Crippen LogP contribution is 2.45. The minimum absolute atomic E-state index is 0.145. The SMILES string of the molecule is N#CC1=C(c2c[nH]c3ccccc23)O[C@H](C(=O)c2ccccc2)[C@H]1c1cccc(Br)c1. The van der Waals surface area contributed by atoms with Gasteiger partial charge in [0.15, 0.2) is 6.10 Å². The van der Waals surface area contributed by atoms with E-state index in [4.69, 9.17) is 4.74 Å². The molecule has 0 aliphatic carbocycles. The summed E-state index contributed by atoms with van der Waals surface area (Å²) in [6, 6.07) is 27.0. The third kappa shape index (κ3) is 3.35. The number of carbonyl (C=O) groups excluding carboxylic acids is 1. The van der Waals surface area contributed by atoms with E-state index in [0.717, 1.165) is 26.5 Å². The van der Waals surface area contributed by atoms with E-state index >= 15 is 0 Å². The Morgan fingerprint density at radius 2 is 1.77 bits per heavy atom. The lowest BCUT2D eigenvalue weighted by Gasteiger charge is -2.19. The summed E-state index contributed by atoms with van der Waals surface area (Å²) in [7, 11) is 0. The molecule has 4 nitrogen and oxygen atoms in total. The van der Waals surface area contributed by atoms with Gasteiger partial charge in [0.05, 0.1) is 17.6 Å². The van der Waals surface area contributed by atoms with Crippen LogP contribution in [0.5, 0.6) is 0 Å². The summed E-state index contributed by atoms with van der Waals surface area (Å²) in [6.07, 6.45) is 1.01. The Labute approximate surface area is 187 Å². The van der Waals surface area contributed by atoms with Crippen LogP contribution >= 0.6 is 15.9 Å². The van der Waals surface area contributed by atoms with E-state index in [1.165, 1.54) is 0 Å². The Kier molecular flexibility index (Phi) is 4.93. The molecule has 0 saturated carbocycles. The molecular weight excluding hydrogens is 452 g/mol. The van der Waals surface area contributed by atoms with Gasteiger partial charge >= 0.3 is 0 Å². The van der Waals surface area contributed by atoms with E-state index in [-0.39, 0.29) is 5.78 Å². The molecule has 0 fully saturated rings. The van der Waals surface area contributed by atoms with Crippen LogP contribution in [-0.4, -0.2) is 16.9 Å². The number of nitrogens with one attached hydrogen (secondary N) is 1. The zero-order valence-corrected chi connectivity index (χ0v) is 18.0. The van der Waals surface area contributed by atoms with Gasteiger partial charge in [-0.3, -0.25) is 4.79 Å². The summed E-state index contributed by atoms with van der Waals surface area (Å²) in [5.41, 5.74) is 3.61. The molecule has 0 unspecified atom stereocenters. The maximum atomic E-state index is 13.5. The van der Waals surface area contributed by atoms with Crippen molar-refractivity contribution in [1.29, 1.82) is 5.26 Å². The van der Waals surface area contributed by atoms with Crippen molar-refractivity contribution in [2.24, 2.45) is 0 Å². The number of nitrogens with zero attached hydrogens (tertiary/aromatic N) is 1. The van der Waals surface area contributed by atoms with Crippen molar-refractivity contribution in [3.05, 3.63) is 112 Å². The number of H-pyrrole nitrogens is 1. The van der Waals surface area contributed by atoms with Crippen LogP contribution in [0.1, 0.15) is 27.4 Å². The van der Waals surface area contributed by atoms with E-state index in [2.05, 4.69) is 27.0 Å². The van der Waals surface area contributed by atoms with Crippen LogP contribution in [-0.2, 0) is 4.74 Å². The van der Waals surface area contributed by atoms with Crippen LogP contribution in [0.3, 0.4) is 0 Å². The summed E-state index contributed by atoms with van der Waals surface area (Å²) in [4.78, 5) is 16.7. The summed E-state index contributed by atoms with van der Waals surface area (Å²) in [6.45, 7) is 0. The number of fused-ring (bicyclic) bond motifs is 1. The van der Waals surface area contributed by atoms with Crippen molar-refractivity contribution in [3.63, 3.8) is 0 Å². The number of benzene rings is 3. The predicted molar refractivity (Wildman–Crippen MR) is 123 cm³/mol. The summed E-state index contributed by atoms with van der Waals surface area (Å²) in [5.74, 6) is -0.189. The van der Waals surface area contributed by atoms with Crippen molar-refractivity contribution < 1.29 is 9.53 Å². The highest BCUT2D eigenvalue weighted by molar-refractivity contribution is 9.10. The normalized spacial score (nSPS) is 18.1. The fourth-order valence-corrected chi connectivity index (χ4v) is 4.57. The van der Waals surface area contributed by atoms with Crippen molar-refractivity contribution in [1.82, 2.24) is 4.98 Å². The number of ketones is 1. The van der Waals surface area contributed by atoms with Crippen molar-refractivity contribution in [3.8, 4) is 6.07 Å². The first-order valence-corrected chi connectivity index (χ1v) is 10.7. The van der Waals surface area contributed by atoms with E-state index < -0.39 is 12.0 Å². The van der Waals surface area contributed by atoms with Crippen molar-refractivity contribution >= 4 is 38.4 Å². The first kappa shape index (κ1) is 19.3. The zero-order chi connectivity index (χ0) is 21.4. The maximum Gasteiger partial charge on any atom is 0.204 e. The van der Waals surface area contributed by atoms with E-state index in [9.17, 15) is 10.1 Å². The number of aromatic nitrogens is 1. The molecule has 3 aromatic carbocycles. The number of aromatic amines is 1. The highest BCUT2D eigenvalue weighted by atomic mass is 79.9. The number of halogens is 1. The minimum Gasteiger partial charge on any atom is -0.479 e. The average Bonchev–Trinajstić information content (AvgIpc) is 3.40. The lowest BCUT2D eigenvalue weighted by molar-refractivity contribution is 0.0754. The standard InChI is InChI=1S/C26H17BrN2O2/c27-18-10-6-9-17(13-18)23-20(14-28)25(21-15-29-22-12-5-4-11-19(21)22)31-26(23)24(30)16-7-2-1-3-8-16/h1-13,15,23,26,29H/t23-,26-/m0/s1. The van der Waals surface area contributed by atoms with Crippen molar-refractivity contribution in [2.75, 3.05) is 0 Å². The second-order valence-corrected chi connectivity index (χ2v) is 8.32. The fourth-order valence-electron chi connectivity index (χ4n) is 4.15. The molecule has 0 saturated heterocycles. The molecule has 0 radical (unpaired) electrons. The van der Waals surface area contributed by atoms with Gasteiger partial charge in [0.2, 0.25) is 5.78 Å². The number of para-hydroxylation sites is 1. The predicted octanol–water partition coefficient (Wildman–Crippen LogP) is 6.23. The van der Waals surface area contributed by atoms with Gasteiger partial charge in [-0.05, 0) is 23.8 Å². The molecule has 150 valence electrons. The van der Waals surface area contributed by atoms with Crippen LogP contribution < -0.4 is 0 Å². The molecule has 0 amide bonds. The largest absolute Gasteiger partial charge is 0.479 e. The Hall–Kier alpha value is -3.62. The first-order valence-electron chi connectivity index (χ1n) is 9.89. The number of hydrogen-bond donors (Lipinski definition) is 1. The Morgan fingerprint density at radius 1 is 1.00 bits per heavy atom. The quantitative estimate of drug-likeness (QED) is 0.361. The molecule has 0 spiro atoms. The second kappa shape index (κ2) is 7.90. The molecule has 1 aliphatic heterocycles. The number of carbonyl (C=O) groups is 1. The highest BCUT2D eigenvalue weighted by Gasteiger charge is 2.43. The van der Waals surface area contributed by atoms with Crippen LogP contribution in [0.25, 0.3) is 16.7 Å². The Morgan fingerprint density at radius 3 is 2.55 bits per heavy atom. The van der Waals surface area contributed by atoms with Crippen molar-refractivity contribution in [2.45, 2.75) is 12.0 Å². The number of Topliss-reactive ketones (excluding diaryl/α,β-unsaturated/α-hetero) is 1. The number of nitriles is 1. The minimum atomic E-state index is -0.824. The molecule has 5 heteroatoms. The second-order valence-electron chi connectivity index (χ2n) is 7.40. The molecule has 4 aromatic rings. The molecule has 5 rings (SSSR count). The van der Waals surface area contributed by atoms with Crippen LogP contribution in [0.4, 0.5) is 0 Å². The zero-order valence-electron chi connectivity index (χ0n) is 16.4. The number of rotatable bonds is 4. The van der Waals surface area contributed by atoms with Gasteiger partial charge in [0.25, 0.3) is 0 Å². The summed E-state index contributed by atoms with van der Waals surface area (Å²) in [5, 5.41) is 11.1. The molecule has 1 N–H and O–H groups in total. The Bertz CT molecular complexity index is 1360. The van der Waals surface area contributed by atoms with E-state index in [1.807, 2.05) is 72.9 Å². The van der Waals surface area contributed by atoms with Gasteiger partial charge in [0, 0.05) is 32.7 Å². The molecular formula is C26H17BrN2O2. The summed E-state index contributed by atoms with van der Waals surface area (Å²) < 4.78 is 7.20. The van der Waals surface area contributed by atoms with Gasteiger partial charge in [-0.15, -0.1) is 0 Å². The van der Waals surface area contributed by atoms with Gasteiger partial charge in [-0.1, -0.05) is 76.6 Å². The Balaban J connectivity index is 1.69. The third-order valence-corrected chi connectivity index (χ3v) is 6.08. The average molecular weight is 469 g/mol. The lowest BCUT2D eigenvalue weighted by atomic mass is 9.84. The lowest BCUT2D eigenvalue weighted by Crippen LogP contribution is -2.27. The molecule has 2 atom stereocenters. The van der Waals surface area contributed by atoms with E-state index in [1.54, 1.807) is 12.1 Å². The maximum absolute atomic E-state index is 13.5. The number of hydrogen-bond acceptors (Lipinski definition) is 3. The third-order valence-electron chi connectivity index (χ3n) is 5.58. The van der Waals surface area contributed by atoms with Gasteiger partial charge in [-0.25, -0.2) is 0 Å².